The van der Waals surface area contributed by atoms with Crippen molar-refractivity contribution in [1.82, 2.24) is 5.43 Å². The number of benzene rings is 2. The molecule has 2 rings (SSSR count). The number of hydrogen-bond acceptors (Lipinski definition) is 5. The van der Waals surface area contributed by atoms with E-state index in [0.29, 0.717) is 17.1 Å². The molecule has 0 bridgehead atoms. The molecule has 0 saturated heterocycles. The molecule has 0 atom stereocenters. The summed E-state index contributed by atoms with van der Waals surface area (Å²) in [5.74, 6) is 0.695. The van der Waals surface area contributed by atoms with E-state index in [-0.39, 0.29) is 23.7 Å². The average Bonchev–Trinajstić information content (AvgIpc) is 2.61. The summed E-state index contributed by atoms with van der Waals surface area (Å²) in [5.41, 5.74) is 4.05. The van der Waals surface area contributed by atoms with Gasteiger partial charge in [-0.25, -0.2) is 5.43 Å². The van der Waals surface area contributed by atoms with Crippen molar-refractivity contribution >= 4 is 12.1 Å². The van der Waals surface area contributed by atoms with E-state index in [0.717, 1.165) is 5.56 Å². The van der Waals surface area contributed by atoms with Crippen molar-refractivity contribution in [2.24, 2.45) is 5.10 Å². The number of phenolic OH excluding ortho intramolecular Hbond substituents is 1. The van der Waals surface area contributed by atoms with Crippen molar-refractivity contribution in [3.63, 3.8) is 0 Å². The second-order valence-electron chi connectivity index (χ2n) is 6.76. The average molecular weight is 356 g/mol. The van der Waals surface area contributed by atoms with Gasteiger partial charge in [-0.3, -0.25) is 4.79 Å². The SMILES string of the molecule is COc1cc(/C=N\NC(=O)COc2ccccc2C(C)(C)C)ccc1O. The lowest BCUT2D eigenvalue weighted by Crippen LogP contribution is -2.25. The van der Waals surface area contributed by atoms with Crippen molar-refractivity contribution < 1.29 is 19.4 Å². The lowest BCUT2D eigenvalue weighted by molar-refractivity contribution is -0.123. The van der Waals surface area contributed by atoms with E-state index in [2.05, 4.69) is 31.3 Å². The Morgan fingerprint density at radius 2 is 1.92 bits per heavy atom. The monoisotopic (exact) mass is 356 g/mol. The minimum atomic E-state index is -0.365. The maximum Gasteiger partial charge on any atom is 0.277 e. The normalized spacial score (nSPS) is 11.4. The maximum absolute atomic E-state index is 11.9. The fourth-order valence-corrected chi connectivity index (χ4v) is 2.34. The molecule has 138 valence electrons. The topological polar surface area (TPSA) is 80.2 Å². The molecular formula is C20H24N2O4. The van der Waals surface area contributed by atoms with Gasteiger partial charge in [0.1, 0.15) is 5.75 Å². The molecule has 6 nitrogen and oxygen atoms in total. The Labute approximate surface area is 153 Å². The van der Waals surface area contributed by atoms with Crippen LogP contribution in [0.5, 0.6) is 17.2 Å². The first-order chi connectivity index (χ1) is 12.3. The second kappa shape index (κ2) is 8.38. The number of hydrazone groups is 1. The number of ether oxygens (including phenoxy) is 2. The zero-order valence-corrected chi connectivity index (χ0v) is 15.4. The first-order valence-corrected chi connectivity index (χ1v) is 8.22. The van der Waals surface area contributed by atoms with Crippen LogP contribution in [-0.2, 0) is 10.2 Å². The molecule has 0 unspecified atom stereocenters. The molecular weight excluding hydrogens is 332 g/mol. The van der Waals surface area contributed by atoms with E-state index in [9.17, 15) is 9.90 Å². The van der Waals surface area contributed by atoms with Gasteiger partial charge < -0.3 is 14.6 Å². The van der Waals surface area contributed by atoms with E-state index < -0.39 is 0 Å². The summed E-state index contributed by atoms with van der Waals surface area (Å²) in [6.45, 7) is 6.13. The molecule has 0 heterocycles. The van der Waals surface area contributed by atoms with Crippen molar-refractivity contribution in [3.8, 4) is 17.2 Å². The Bertz CT molecular complexity index is 795. The third-order valence-corrected chi connectivity index (χ3v) is 3.66. The molecule has 0 aliphatic rings. The van der Waals surface area contributed by atoms with Gasteiger partial charge in [0.05, 0.1) is 13.3 Å². The fourth-order valence-electron chi connectivity index (χ4n) is 2.34. The molecule has 0 saturated carbocycles. The summed E-state index contributed by atoms with van der Waals surface area (Å²) < 4.78 is 10.7. The van der Waals surface area contributed by atoms with Crippen LogP contribution < -0.4 is 14.9 Å². The molecule has 2 aromatic carbocycles. The van der Waals surface area contributed by atoms with E-state index >= 15 is 0 Å². The molecule has 0 aliphatic carbocycles. The molecule has 6 heteroatoms. The number of carbonyl (C=O) groups excluding carboxylic acids is 1. The number of methoxy groups -OCH3 is 1. The van der Waals surface area contributed by atoms with Crippen LogP contribution in [-0.4, -0.2) is 30.9 Å². The highest BCUT2D eigenvalue weighted by atomic mass is 16.5. The predicted molar refractivity (Wildman–Crippen MR) is 101 cm³/mol. The zero-order valence-electron chi connectivity index (χ0n) is 15.4. The van der Waals surface area contributed by atoms with Gasteiger partial charge in [0.25, 0.3) is 5.91 Å². The first kappa shape index (κ1) is 19.3. The van der Waals surface area contributed by atoms with Gasteiger partial charge in [0.15, 0.2) is 18.1 Å². The highest BCUT2D eigenvalue weighted by Crippen LogP contribution is 2.30. The number of hydrogen-bond donors (Lipinski definition) is 2. The Morgan fingerprint density at radius 1 is 1.19 bits per heavy atom. The second-order valence-corrected chi connectivity index (χ2v) is 6.76. The van der Waals surface area contributed by atoms with Crippen LogP contribution in [0.25, 0.3) is 0 Å². The quantitative estimate of drug-likeness (QED) is 0.615. The summed E-state index contributed by atoms with van der Waals surface area (Å²) >= 11 is 0. The largest absolute Gasteiger partial charge is 0.504 e. The van der Waals surface area contributed by atoms with E-state index in [1.807, 2.05) is 24.3 Å². The van der Waals surface area contributed by atoms with Crippen LogP contribution in [0.4, 0.5) is 0 Å². The molecule has 0 aliphatic heterocycles. The molecule has 0 aromatic heterocycles. The Hall–Kier alpha value is -3.02. The van der Waals surface area contributed by atoms with Gasteiger partial charge in [-0.2, -0.15) is 5.10 Å². The highest BCUT2D eigenvalue weighted by Gasteiger charge is 2.18. The third-order valence-electron chi connectivity index (χ3n) is 3.66. The fraction of sp³-hybridized carbons (Fsp3) is 0.300. The summed E-state index contributed by atoms with van der Waals surface area (Å²) in [7, 11) is 1.46. The summed E-state index contributed by atoms with van der Waals surface area (Å²) in [5, 5.41) is 13.4. The van der Waals surface area contributed by atoms with Gasteiger partial charge in [0, 0.05) is 0 Å². The summed E-state index contributed by atoms with van der Waals surface area (Å²) in [4.78, 5) is 11.9. The van der Waals surface area contributed by atoms with Gasteiger partial charge >= 0.3 is 0 Å². The van der Waals surface area contributed by atoms with E-state index in [1.165, 1.54) is 19.4 Å². The molecule has 0 fully saturated rings. The van der Waals surface area contributed by atoms with Crippen LogP contribution >= 0.6 is 0 Å². The summed E-state index contributed by atoms with van der Waals surface area (Å²) in [6.07, 6.45) is 1.46. The van der Waals surface area contributed by atoms with Crippen molar-refractivity contribution in [2.45, 2.75) is 26.2 Å². The van der Waals surface area contributed by atoms with E-state index in [4.69, 9.17) is 9.47 Å². The van der Waals surface area contributed by atoms with Crippen LogP contribution in [0.15, 0.2) is 47.6 Å². The number of rotatable bonds is 6. The van der Waals surface area contributed by atoms with Crippen molar-refractivity contribution in [2.75, 3.05) is 13.7 Å². The van der Waals surface area contributed by atoms with Crippen LogP contribution in [0.3, 0.4) is 0 Å². The third kappa shape index (κ3) is 5.24. The number of carbonyl (C=O) groups is 1. The molecule has 0 radical (unpaired) electrons. The van der Waals surface area contributed by atoms with Gasteiger partial charge in [-0.05, 0) is 40.8 Å². The Kier molecular flexibility index (Phi) is 6.22. The van der Waals surface area contributed by atoms with E-state index in [1.54, 1.807) is 12.1 Å². The number of phenols is 1. The number of nitrogens with zero attached hydrogens (tertiary/aromatic N) is 1. The molecule has 26 heavy (non-hydrogen) atoms. The Balaban J connectivity index is 1.92. The standard InChI is InChI=1S/C20H24N2O4/c1-20(2,3)15-7-5-6-8-17(15)26-13-19(24)22-21-12-14-9-10-16(23)18(11-14)25-4/h5-12,23H,13H2,1-4H3,(H,22,24)/b21-12-. The van der Waals surface area contributed by atoms with Gasteiger partial charge in [-0.1, -0.05) is 39.0 Å². The number of amides is 1. The van der Waals surface area contributed by atoms with Gasteiger partial charge in [0.2, 0.25) is 0 Å². The molecule has 2 aromatic rings. The Morgan fingerprint density at radius 3 is 2.62 bits per heavy atom. The van der Waals surface area contributed by atoms with Crippen LogP contribution in [0.1, 0.15) is 31.9 Å². The number of nitrogens with one attached hydrogen (secondary N) is 1. The number of para-hydroxylation sites is 1. The zero-order chi connectivity index (χ0) is 19.2. The first-order valence-electron chi connectivity index (χ1n) is 8.22. The molecule has 1 amide bonds. The molecule has 0 spiro atoms. The molecule has 2 N–H and O–H groups in total. The minimum absolute atomic E-state index is 0.0413. The smallest absolute Gasteiger partial charge is 0.277 e. The number of aromatic hydroxyl groups is 1. The van der Waals surface area contributed by atoms with Crippen LogP contribution in [0.2, 0.25) is 0 Å². The maximum atomic E-state index is 11.9. The highest BCUT2D eigenvalue weighted by molar-refractivity contribution is 5.83. The minimum Gasteiger partial charge on any atom is -0.504 e. The summed E-state index contributed by atoms with van der Waals surface area (Å²) in [6, 6.07) is 12.4. The predicted octanol–water partition coefficient (Wildman–Crippen LogP) is 3.23. The lowest BCUT2D eigenvalue weighted by Gasteiger charge is -2.22. The lowest BCUT2D eigenvalue weighted by atomic mass is 9.86. The van der Waals surface area contributed by atoms with Crippen molar-refractivity contribution in [1.29, 1.82) is 0 Å². The van der Waals surface area contributed by atoms with Gasteiger partial charge in [-0.15, -0.1) is 0 Å². The van der Waals surface area contributed by atoms with Crippen molar-refractivity contribution in [3.05, 3.63) is 53.6 Å². The van der Waals surface area contributed by atoms with Crippen LogP contribution in [0, 0.1) is 0 Å².